The Bertz CT molecular complexity index is 1360. The highest BCUT2D eigenvalue weighted by Gasteiger charge is 2.43. The molecule has 5 rings (SSSR count). The van der Waals surface area contributed by atoms with Crippen LogP contribution < -0.4 is 9.64 Å². The van der Waals surface area contributed by atoms with Crippen LogP contribution in [-0.4, -0.2) is 35.5 Å². The molecule has 0 saturated heterocycles. The third-order valence-corrected chi connectivity index (χ3v) is 6.80. The van der Waals surface area contributed by atoms with Gasteiger partial charge in [-0.05, 0) is 56.5 Å². The van der Waals surface area contributed by atoms with Crippen molar-refractivity contribution in [3.63, 3.8) is 0 Å². The highest BCUT2D eigenvalue weighted by Crippen LogP contribution is 2.48. The summed E-state index contributed by atoms with van der Waals surface area (Å²) in [5, 5.41) is 28.6. The zero-order valence-corrected chi connectivity index (χ0v) is 22.1. The number of amidine groups is 1. The van der Waals surface area contributed by atoms with Gasteiger partial charge in [0.05, 0.1) is 7.11 Å². The van der Waals surface area contributed by atoms with E-state index < -0.39 is 5.92 Å². The Morgan fingerprint density at radius 1 is 1.00 bits per heavy atom. The second kappa shape index (κ2) is 11.9. The fraction of sp³-hybridized carbons (Fsp3) is 0.250. The molecule has 0 aromatic heterocycles. The molecular formula is C32H34N2O4. The number of para-hydroxylation sites is 1. The van der Waals surface area contributed by atoms with Gasteiger partial charge in [0.1, 0.15) is 17.3 Å². The van der Waals surface area contributed by atoms with E-state index in [1.807, 2.05) is 90.7 Å². The van der Waals surface area contributed by atoms with Gasteiger partial charge < -0.3 is 14.9 Å². The van der Waals surface area contributed by atoms with E-state index in [2.05, 4.69) is 0 Å². The summed E-state index contributed by atoms with van der Waals surface area (Å²) in [6.07, 6.45) is 1.90. The van der Waals surface area contributed by atoms with Crippen LogP contribution in [0.5, 0.6) is 5.75 Å². The van der Waals surface area contributed by atoms with E-state index in [4.69, 9.17) is 9.84 Å². The number of benzene rings is 3. The number of aliphatic hydroxyl groups is 2. The monoisotopic (exact) mass is 510 g/mol. The average Bonchev–Trinajstić information content (AvgIpc) is 2.93. The molecular weight excluding hydrogens is 476 g/mol. The van der Waals surface area contributed by atoms with Crippen molar-refractivity contribution in [1.82, 2.24) is 0 Å². The number of aryl methyl sites for hydroxylation is 1. The number of allylic oxidation sites excluding steroid dienone is 2. The largest absolute Gasteiger partial charge is 0.507 e. The predicted octanol–water partition coefficient (Wildman–Crippen LogP) is 6.56. The van der Waals surface area contributed by atoms with Gasteiger partial charge in [0.25, 0.3) is 0 Å². The molecule has 3 aromatic rings. The van der Waals surface area contributed by atoms with Crippen LogP contribution >= 0.6 is 0 Å². The molecule has 1 unspecified atom stereocenters. The number of carbonyl (C=O) groups is 1. The van der Waals surface area contributed by atoms with Crippen LogP contribution in [0.3, 0.4) is 0 Å². The third kappa shape index (κ3) is 5.27. The minimum atomic E-state index is -0.544. The second-order valence-electron chi connectivity index (χ2n) is 9.31. The van der Waals surface area contributed by atoms with Crippen LogP contribution in [0.4, 0.5) is 5.69 Å². The summed E-state index contributed by atoms with van der Waals surface area (Å²) >= 11 is 0. The second-order valence-corrected chi connectivity index (χ2v) is 9.31. The quantitative estimate of drug-likeness (QED) is 0.346. The molecule has 0 radical (unpaired) electrons. The molecule has 1 aliphatic carbocycles. The summed E-state index contributed by atoms with van der Waals surface area (Å²) in [5.74, 6) is 0.431. The SMILES string of the molecule is CCO.COc1ccc(C2C3=C(CCCC3=O)N(c3ccccc3)C(=N)/C2=C(/O)c2ccc(C)cc2)cc1. The molecule has 0 spiro atoms. The number of nitrogens with zero attached hydrogens (tertiary/aromatic N) is 1. The number of nitrogens with one attached hydrogen (secondary N) is 1. The van der Waals surface area contributed by atoms with E-state index in [-0.39, 0.29) is 24.0 Å². The smallest absolute Gasteiger partial charge is 0.161 e. The maximum absolute atomic E-state index is 13.5. The lowest BCUT2D eigenvalue weighted by Gasteiger charge is -2.41. The highest BCUT2D eigenvalue weighted by molar-refractivity contribution is 6.19. The average molecular weight is 511 g/mol. The normalized spacial score (nSPS) is 18.4. The zero-order chi connectivity index (χ0) is 27.2. The molecule has 2 aliphatic rings. The summed E-state index contributed by atoms with van der Waals surface area (Å²) in [4.78, 5) is 15.3. The van der Waals surface area contributed by atoms with E-state index in [1.54, 1.807) is 14.0 Å². The Hall–Kier alpha value is -4.16. The highest BCUT2D eigenvalue weighted by atomic mass is 16.5. The lowest BCUT2D eigenvalue weighted by molar-refractivity contribution is -0.116. The van der Waals surface area contributed by atoms with Crippen molar-refractivity contribution >= 4 is 23.1 Å². The Kier molecular flexibility index (Phi) is 8.44. The first-order valence-corrected chi connectivity index (χ1v) is 12.9. The third-order valence-electron chi connectivity index (χ3n) is 6.80. The molecule has 38 heavy (non-hydrogen) atoms. The summed E-state index contributed by atoms with van der Waals surface area (Å²) in [6.45, 7) is 3.92. The van der Waals surface area contributed by atoms with E-state index in [1.165, 1.54) is 0 Å². The van der Waals surface area contributed by atoms with Crippen LogP contribution in [0.1, 0.15) is 48.8 Å². The van der Waals surface area contributed by atoms with Gasteiger partial charge >= 0.3 is 0 Å². The van der Waals surface area contributed by atoms with Crippen LogP contribution in [0.25, 0.3) is 5.76 Å². The van der Waals surface area contributed by atoms with Crippen molar-refractivity contribution in [1.29, 1.82) is 5.41 Å². The fourth-order valence-electron chi connectivity index (χ4n) is 5.05. The van der Waals surface area contributed by atoms with Crippen molar-refractivity contribution < 1.29 is 19.7 Å². The van der Waals surface area contributed by atoms with Gasteiger partial charge in [0.15, 0.2) is 5.78 Å². The molecule has 196 valence electrons. The van der Waals surface area contributed by atoms with Gasteiger partial charge in [0.2, 0.25) is 0 Å². The Balaban J connectivity index is 0.00000107. The first-order valence-electron chi connectivity index (χ1n) is 12.9. The van der Waals surface area contributed by atoms with E-state index in [0.717, 1.165) is 28.9 Å². The van der Waals surface area contributed by atoms with Gasteiger partial charge in [0, 0.05) is 47.0 Å². The van der Waals surface area contributed by atoms with Crippen molar-refractivity contribution in [3.05, 3.63) is 112 Å². The Morgan fingerprint density at radius 2 is 1.63 bits per heavy atom. The number of hydrogen-bond acceptors (Lipinski definition) is 5. The number of hydrogen-bond donors (Lipinski definition) is 3. The summed E-state index contributed by atoms with van der Waals surface area (Å²) < 4.78 is 5.34. The maximum atomic E-state index is 13.5. The molecule has 1 aliphatic heterocycles. The van der Waals surface area contributed by atoms with E-state index in [0.29, 0.717) is 35.3 Å². The Labute approximate surface area is 224 Å². The van der Waals surface area contributed by atoms with Gasteiger partial charge in [-0.25, -0.2) is 0 Å². The fourth-order valence-corrected chi connectivity index (χ4v) is 5.05. The molecule has 0 saturated carbocycles. The molecule has 0 fully saturated rings. The maximum Gasteiger partial charge on any atom is 0.161 e. The molecule has 6 heteroatoms. The molecule has 3 N–H and O–H groups in total. The molecule has 1 heterocycles. The number of carbonyl (C=O) groups excluding carboxylic acids is 1. The summed E-state index contributed by atoms with van der Waals surface area (Å²) in [6, 6.07) is 24.8. The van der Waals surface area contributed by atoms with Crippen molar-refractivity contribution in [2.45, 2.75) is 39.0 Å². The number of Topliss-reactive ketones (excluding diaryl/α,β-unsaturated/α-hetero) is 1. The molecule has 6 nitrogen and oxygen atoms in total. The lowest BCUT2D eigenvalue weighted by atomic mass is 9.73. The topological polar surface area (TPSA) is 93.9 Å². The number of methoxy groups -OCH3 is 1. The van der Waals surface area contributed by atoms with Gasteiger partial charge in [-0.3, -0.25) is 15.1 Å². The van der Waals surface area contributed by atoms with Gasteiger partial charge in [-0.2, -0.15) is 0 Å². The number of ether oxygens (including phenoxy) is 1. The van der Waals surface area contributed by atoms with Crippen molar-refractivity contribution in [2.24, 2.45) is 0 Å². The van der Waals surface area contributed by atoms with E-state index in [9.17, 15) is 15.3 Å². The first-order chi connectivity index (χ1) is 18.4. The number of aliphatic hydroxyl groups excluding tert-OH is 2. The first kappa shape index (κ1) is 26.9. The van der Waals surface area contributed by atoms with Crippen molar-refractivity contribution in [2.75, 3.05) is 18.6 Å². The van der Waals surface area contributed by atoms with Gasteiger partial charge in [-0.15, -0.1) is 0 Å². The zero-order valence-electron chi connectivity index (χ0n) is 22.1. The lowest BCUT2D eigenvalue weighted by Crippen LogP contribution is -2.42. The molecule has 0 bridgehead atoms. The number of anilines is 1. The number of rotatable bonds is 4. The van der Waals surface area contributed by atoms with Gasteiger partial charge in [-0.1, -0.05) is 60.2 Å². The molecule has 3 aromatic carbocycles. The minimum absolute atomic E-state index is 0.0154. The standard InChI is InChI=1S/C30H28N2O3.C2H6O/c1-19-11-13-21(14-12-19)29(34)28-26(20-15-17-23(35-2)18-16-20)27-24(9-6-10-25(27)33)32(30(28)31)22-7-4-3-5-8-22;1-2-3/h3-5,7-8,11-18,26,31,34H,6,9-10H2,1-2H3;3H,2H2,1H3/b29-28+,31-30?;. The van der Waals surface area contributed by atoms with E-state index >= 15 is 0 Å². The summed E-state index contributed by atoms with van der Waals surface area (Å²) in [7, 11) is 1.61. The van der Waals surface area contributed by atoms with Crippen LogP contribution in [0.15, 0.2) is 95.7 Å². The van der Waals surface area contributed by atoms with Crippen LogP contribution in [-0.2, 0) is 4.79 Å². The molecule has 1 atom stereocenters. The summed E-state index contributed by atoms with van der Waals surface area (Å²) in [5.41, 5.74) is 5.29. The van der Waals surface area contributed by atoms with Crippen LogP contribution in [0, 0.1) is 12.3 Å². The van der Waals surface area contributed by atoms with Crippen molar-refractivity contribution in [3.8, 4) is 5.75 Å². The Morgan fingerprint density at radius 3 is 2.24 bits per heavy atom. The van der Waals surface area contributed by atoms with Crippen LogP contribution in [0.2, 0.25) is 0 Å². The number of ketones is 1. The molecule has 0 amide bonds. The minimum Gasteiger partial charge on any atom is -0.507 e. The predicted molar refractivity (Wildman–Crippen MR) is 152 cm³/mol.